The Kier molecular flexibility index (Phi) is 2.96. The van der Waals surface area contributed by atoms with E-state index in [-0.39, 0.29) is 6.04 Å². The fourth-order valence-electron chi connectivity index (χ4n) is 2.03. The molecule has 0 aromatic heterocycles. The van der Waals surface area contributed by atoms with E-state index in [4.69, 9.17) is 10.5 Å². The van der Waals surface area contributed by atoms with E-state index in [1.807, 2.05) is 12.1 Å². The van der Waals surface area contributed by atoms with Gasteiger partial charge in [-0.3, -0.25) is 0 Å². The van der Waals surface area contributed by atoms with Crippen molar-refractivity contribution in [1.82, 2.24) is 0 Å². The van der Waals surface area contributed by atoms with Crippen LogP contribution in [-0.2, 0) is 0 Å². The fraction of sp³-hybridized carbons (Fsp3) is 0.538. The van der Waals surface area contributed by atoms with Crippen molar-refractivity contribution in [2.45, 2.75) is 32.2 Å². The molecule has 2 heteroatoms. The second kappa shape index (κ2) is 4.23. The molecule has 15 heavy (non-hydrogen) atoms. The first-order valence-corrected chi connectivity index (χ1v) is 5.65. The quantitative estimate of drug-likeness (QED) is 0.823. The van der Waals surface area contributed by atoms with Crippen LogP contribution in [0.1, 0.15) is 31.7 Å². The zero-order valence-corrected chi connectivity index (χ0v) is 9.44. The molecule has 2 rings (SSSR count). The molecule has 2 unspecified atom stereocenters. The molecule has 1 heterocycles. The molecule has 0 fully saturated rings. The third-order valence-corrected chi connectivity index (χ3v) is 3.21. The van der Waals surface area contributed by atoms with E-state index in [0.29, 0.717) is 11.8 Å². The second-order valence-corrected chi connectivity index (χ2v) is 4.69. The molecule has 1 aromatic carbocycles. The molecule has 2 N–H and O–H groups in total. The molecule has 0 spiro atoms. The third kappa shape index (κ3) is 2.15. The van der Waals surface area contributed by atoms with Crippen LogP contribution in [0.25, 0.3) is 0 Å². The number of fused-ring (bicyclic) bond motifs is 1. The standard InChI is InChI=1S/C13H19NO/c1-9(2)12(14)7-10-8-15-13-6-4-3-5-11(10)13/h3-6,9-10,12H,7-8,14H2,1-2H3. The highest BCUT2D eigenvalue weighted by Crippen LogP contribution is 2.36. The van der Waals surface area contributed by atoms with Crippen LogP contribution in [0.5, 0.6) is 5.75 Å². The van der Waals surface area contributed by atoms with Gasteiger partial charge in [-0.1, -0.05) is 32.0 Å². The summed E-state index contributed by atoms with van der Waals surface area (Å²) in [6, 6.07) is 8.55. The Morgan fingerprint density at radius 3 is 2.87 bits per heavy atom. The first kappa shape index (κ1) is 10.5. The summed E-state index contributed by atoms with van der Waals surface area (Å²) < 4.78 is 5.64. The van der Waals surface area contributed by atoms with Gasteiger partial charge in [0.1, 0.15) is 5.75 Å². The number of hydrogen-bond donors (Lipinski definition) is 1. The first-order valence-electron chi connectivity index (χ1n) is 5.65. The molecule has 2 nitrogen and oxygen atoms in total. The predicted octanol–water partition coefficient (Wildman–Crippen LogP) is 2.54. The molecule has 0 aliphatic carbocycles. The van der Waals surface area contributed by atoms with Gasteiger partial charge in [0, 0.05) is 17.5 Å². The van der Waals surface area contributed by atoms with Crippen molar-refractivity contribution in [3.05, 3.63) is 29.8 Å². The second-order valence-electron chi connectivity index (χ2n) is 4.69. The Bertz CT molecular complexity index is 335. The van der Waals surface area contributed by atoms with Crippen LogP contribution in [0.3, 0.4) is 0 Å². The smallest absolute Gasteiger partial charge is 0.122 e. The Balaban J connectivity index is 2.08. The molecule has 0 amide bonds. The summed E-state index contributed by atoms with van der Waals surface area (Å²) in [5.41, 5.74) is 7.43. The number of hydrogen-bond acceptors (Lipinski definition) is 2. The van der Waals surface area contributed by atoms with Crippen LogP contribution in [0.4, 0.5) is 0 Å². The van der Waals surface area contributed by atoms with Crippen molar-refractivity contribution in [3.8, 4) is 5.75 Å². The lowest BCUT2D eigenvalue weighted by Crippen LogP contribution is -2.28. The highest BCUT2D eigenvalue weighted by Gasteiger charge is 2.26. The van der Waals surface area contributed by atoms with Crippen LogP contribution >= 0.6 is 0 Å². The van der Waals surface area contributed by atoms with E-state index in [9.17, 15) is 0 Å². The van der Waals surface area contributed by atoms with E-state index >= 15 is 0 Å². The van der Waals surface area contributed by atoms with Gasteiger partial charge < -0.3 is 10.5 Å². The number of benzene rings is 1. The Morgan fingerprint density at radius 2 is 2.13 bits per heavy atom. The van der Waals surface area contributed by atoms with E-state index < -0.39 is 0 Å². The number of para-hydroxylation sites is 1. The van der Waals surface area contributed by atoms with Gasteiger partial charge in [-0.05, 0) is 18.4 Å². The lowest BCUT2D eigenvalue weighted by atomic mass is 9.90. The van der Waals surface area contributed by atoms with Gasteiger partial charge >= 0.3 is 0 Å². The number of ether oxygens (including phenoxy) is 1. The molecular formula is C13H19NO. The fourth-order valence-corrected chi connectivity index (χ4v) is 2.03. The van der Waals surface area contributed by atoms with Crippen molar-refractivity contribution in [2.24, 2.45) is 11.7 Å². The summed E-state index contributed by atoms with van der Waals surface area (Å²) >= 11 is 0. The van der Waals surface area contributed by atoms with Gasteiger partial charge in [-0.2, -0.15) is 0 Å². The molecule has 0 saturated carbocycles. The monoisotopic (exact) mass is 205 g/mol. The van der Waals surface area contributed by atoms with Crippen LogP contribution < -0.4 is 10.5 Å². The predicted molar refractivity (Wildman–Crippen MR) is 62.1 cm³/mol. The maximum Gasteiger partial charge on any atom is 0.122 e. The highest BCUT2D eigenvalue weighted by atomic mass is 16.5. The average molecular weight is 205 g/mol. The minimum absolute atomic E-state index is 0.268. The molecule has 0 bridgehead atoms. The molecule has 0 radical (unpaired) electrons. The van der Waals surface area contributed by atoms with Crippen molar-refractivity contribution in [3.63, 3.8) is 0 Å². The SMILES string of the molecule is CC(C)C(N)CC1COc2ccccc21. The number of nitrogens with two attached hydrogens (primary N) is 1. The molecule has 2 atom stereocenters. The minimum Gasteiger partial charge on any atom is -0.493 e. The topological polar surface area (TPSA) is 35.2 Å². The molecular weight excluding hydrogens is 186 g/mol. The Morgan fingerprint density at radius 1 is 1.40 bits per heavy atom. The molecule has 82 valence electrons. The van der Waals surface area contributed by atoms with E-state index in [0.717, 1.165) is 18.8 Å². The highest BCUT2D eigenvalue weighted by molar-refractivity contribution is 5.39. The van der Waals surface area contributed by atoms with E-state index in [2.05, 4.69) is 26.0 Å². The average Bonchev–Trinajstić information content (AvgIpc) is 2.62. The van der Waals surface area contributed by atoms with Crippen LogP contribution in [-0.4, -0.2) is 12.6 Å². The summed E-state index contributed by atoms with van der Waals surface area (Å²) in [4.78, 5) is 0. The van der Waals surface area contributed by atoms with Gasteiger partial charge in [-0.25, -0.2) is 0 Å². The van der Waals surface area contributed by atoms with Crippen LogP contribution in [0.2, 0.25) is 0 Å². The van der Waals surface area contributed by atoms with Crippen LogP contribution in [0, 0.1) is 5.92 Å². The zero-order chi connectivity index (χ0) is 10.8. The van der Waals surface area contributed by atoms with Crippen molar-refractivity contribution < 1.29 is 4.74 Å². The summed E-state index contributed by atoms with van der Waals surface area (Å²) in [5.74, 6) is 2.06. The van der Waals surface area contributed by atoms with E-state index in [1.165, 1.54) is 5.56 Å². The van der Waals surface area contributed by atoms with E-state index in [1.54, 1.807) is 0 Å². The van der Waals surface area contributed by atoms with Gasteiger partial charge in [0.2, 0.25) is 0 Å². The van der Waals surface area contributed by atoms with Crippen LogP contribution in [0.15, 0.2) is 24.3 Å². The third-order valence-electron chi connectivity index (χ3n) is 3.21. The molecule has 1 aliphatic rings. The molecule has 1 aliphatic heterocycles. The van der Waals surface area contributed by atoms with Crippen molar-refractivity contribution in [2.75, 3.05) is 6.61 Å². The summed E-state index contributed by atoms with van der Waals surface area (Å²) in [5, 5.41) is 0. The number of rotatable bonds is 3. The Hall–Kier alpha value is -1.02. The summed E-state index contributed by atoms with van der Waals surface area (Å²) in [6.07, 6.45) is 1.02. The molecule has 0 saturated heterocycles. The maximum atomic E-state index is 6.10. The normalized spacial score (nSPS) is 21.2. The summed E-state index contributed by atoms with van der Waals surface area (Å²) in [7, 11) is 0. The van der Waals surface area contributed by atoms with Gasteiger partial charge in [-0.15, -0.1) is 0 Å². The largest absolute Gasteiger partial charge is 0.493 e. The lowest BCUT2D eigenvalue weighted by molar-refractivity contribution is 0.308. The van der Waals surface area contributed by atoms with Crippen molar-refractivity contribution in [1.29, 1.82) is 0 Å². The zero-order valence-electron chi connectivity index (χ0n) is 9.44. The lowest BCUT2D eigenvalue weighted by Gasteiger charge is -2.19. The molecule has 1 aromatic rings. The summed E-state index contributed by atoms with van der Waals surface area (Å²) in [6.45, 7) is 5.14. The first-order chi connectivity index (χ1) is 7.18. The van der Waals surface area contributed by atoms with Gasteiger partial charge in [0.25, 0.3) is 0 Å². The van der Waals surface area contributed by atoms with Gasteiger partial charge in [0.05, 0.1) is 6.61 Å². The van der Waals surface area contributed by atoms with Gasteiger partial charge in [0.15, 0.2) is 0 Å². The van der Waals surface area contributed by atoms with Crippen molar-refractivity contribution >= 4 is 0 Å². The Labute approximate surface area is 91.4 Å². The maximum absolute atomic E-state index is 6.10. The minimum atomic E-state index is 0.268.